The van der Waals surface area contributed by atoms with Gasteiger partial charge in [-0.15, -0.1) is 10.2 Å². The summed E-state index contributed by atoms with van der Waals surface area (Å²) in [5, 5.41) is 15.5. The van der Waals surface area contributed by atoms with Gasteiger partial charge in [0.25, 0.3) is 5.91 Å². The Hall–Kier alpha value is -2.77. The van der Waals surface area contributed by atoms with Gasteiger partial charge in [-0.3, -0.25) is 4.79 Å². The average Bonchev–Trinajstić information content (AvgIpc) is 3.21. The number of carbonyl (C=O) groups is 1. The molecule has 8 nitrogen and oxygen atoms in total. The Kier molecular flexibility index (Phi) is 3.33. The van der Waals surface area contributed by atoms with Crippen LogP contribution in [0.25, 0.3) is 5.65 Å². The standard InChI is InChI=1S/C16H19N7O/c1-9-4-10(2)23-14(18-9)6-13(21-23)16(24)17-7-12-5-15-20-19-11(3)22(15)8-12/h4,6,12H,5,7-8H2,1-3H3,(H,17,24). The van der Waals surface area contributed by atoms with Crippen LogP contribution in [-0.2, 0) is 13.0 Å². The van der Waals surface area contributed by atoms with Gasteiger partial charge in [-0.25, -0.2) is 9.50 Å². The Labute approximate surface area is 138 Å². The minimum absolute atomic E-state index is 0.169. The molecule has 0 saturated heterocycles. The van der Waals surface area contributed by atoms with Crippen LogP contribution in [-0.4, -0.2) is 41.8 Å². The molecule has 0 saturated carbocycles. The maximum absolute atomic E-state index is 12.4. The van der Waals surface area contributed by atoms with Crippen LogP contribution in [0.4, 0.5) is 0 Å². The lowest BCUT2D eigenvalue weighted by Gasteiger charge is -2.09. The maximum Gasteiger partial charge on any atom is 0.271 e. The fourth-order valence-corrected chi connectivity index (χ4v) is 3.26. The Morgan fingerprint density at radius 3 is 2.92 bits per heavy atom. The van der Waals surface area contributed by atoms with Gasteiger partial charge in [-0.1, -0.05) is 0 Å². The fourth-order valence-electron chi connectivity index (χ4n) is 3.26. The summed E-state index contributed by atoms with van der Waals surface area (Å²) >= 11 is 0. The highest BCUT2D eigenvalue weighted by Crippen LogP contribution is 2.19. The van der Waals surface area contributed by atoms with Crippen molar-refractivity contribution < 1.29 is 4.79 Å². The number of hydrogen-bond acceptors (Lipinski definition) is 5. The number of aryl methyl sites for hydroxylation is 3. The minimum atomic E-state index is -0.169. The molecule has 0 fully saturated rings. The van der Waals surface area contributed by atoms with E-state index in [1.165, 1.54) is 0 Å². The lowest BCUT2D eigenvalue weighted by Crippen LogP contribution is -2.30. The largest absolute Gasteiger partial charge is 0.350 e. The van der Waals surface area contributed by atoms with Gasteiger partial charge in [-0.2, -0.15) is 5.10 Å². The number of carbonyl (C=O) groups excluding carboxylic acids is 1. The van der Waals surface area contributed by atoms with Crippen LogP contribution in [0.5, 0.6) is 0 Å². The third-order valence-corrected chi connectivity index (χ3v) is 4.44. The summed E-state index contributed by atoms with van der Waals surface area (Å²) in [6, 6.07) is 3.67. The van der Waals surface area contributed by atoms with Gasteiger partial charge in [-0.05, 0) is 26.8 Å². The zero-order chi connectivity index (χ0) is 16.8. The van der Waals surface area contributed by atoms with E-state index in [9.17, 15) is 4.79 Å². The van der Waals surface area contributed by atoms with Gasteiger partial charge in [0.1, 0.15) is 11.6 Å². The zero-order valence-electron chi connectivity index (χ0n) is 13.9. The topological polar surface area (TPSA) is 90.0 Å². The van der Waals surface area contributed by atoms with Gasteiger partial charge in [0.15, 0.2) is 11.3 Å². The van der Waals surface area contributed by atoms with Crippen molar-refractivity contribution in [3.05, 3.63) is 40.9 Å². The molecular formula is C16H19N7O. The first kappa shape index (κ1) is 14.8. The molecule has 0 aromatic carbocycles. The summed E-state index contributed by atoms with van der Waals surface area (Å²) in [6.07, 6.45) is 0.839. The smallest absolute Gasteiger partial charge is 0.271 e. The lowest BCUT2D eigenvalue weighted by molar-refractivity contribution is 0.0941. The normalized spacial score (nSPS) is 16.5. The minimum Gasteiger partial charge on any atom is -0.350 e. The van der Waals surface area contributed by atoms with Crippen LogP contribution in [0.1, 0.15) is 33.5 Å². The molecule has 1 aliphatic heterocycles. The van der Waals surface area contributed by atoms with E-state index in [0.717, 1.165) is 36.0 Å². The Balaban J connectivity index is 1.44. The molecule has 0 bridgehead atoms. The Morgan fingerprint density at radius 1 is 1.29 bits per heavy atom. The number of nitrogens with zero attached hydrogens (tertiary/aromatic N) is 6. The van der Waals surface area contributed by atoms with Crippen LogP contribution in [0.15, 0.2) is 12.1 Å². The summed E-state index contributed by atoms with van der Waals surface area (Å²) in [5.74, 6) is 2.10. The number of aromatic nitrogens is 6. The lowest BCUT2D eigenvalue weighted by atomic mass is 10.1. The third-order valence-electron chi connectivity index (χ3n) is 4.44. The molecule has 3 aromatic rings. The van der Waals surface area contributed by atoms with Crippen molar-refractivity contribution >= 4 is 11.6 Å². The van der Waals surface area contributed by atoms with E-state index in [0.29, 0.717) is 23.8 Å². The molecule has 1 N–H and O–H groups in total. The SMILES string of the molecule is Cc1cc(C)n2nc(C(=O)NCC3Cc4nnc(C)n4C3)cc2n1. The van der Waals surface area contributed by atoms with Gasteiger partial charge in [0.05, 0.1) is 0 Å². The number of hydrogen-bond donors (Lipinski definition) is 1. The molecule has 0 aliphatic carbocycles. The first-order valence-corrected chi connectivity index (χ1v) is 8.02. The first-order valence-electron chi connectivity index (χ1n) is 8.02. The van der Waals surface area contributed by atoms with Crippen molar-refractivity contribution in [2.24, 2.45) is 5.92 Å². The number of nitrogens with one attached hydrogen (secondary N) is 1. The predicted octanol–water partition coefficient (Wildman–Crippen LogP) is 0.848. The molecule has 8 heteroatoms. The molecule has 4 rings (SSSR count). The van der Waals surface area contributed by atoms with E-state index < -0.39 is 0 Å². The summed E-state index contributed by atoms with van der Waals surface area (Å²) in [6.45, 7) is 7.28. The first-order chi connectivity index (χ1) is 11.5. The predicted molar refractivity (Wildman–Crippen MR) is 86.7 cm³/mol. The fraction of sp³-hybridized carbons (Fsp3) is 0.438. The van der Waals surface area contributed by atoms with Crippen LogP contribution >= 0.6 is 0 Å². The average molecular weight is 325 g/mol. The van der Waals surface area contributed by atoms with Gasteiger partial charge >= 0.3 is 0 Å². The van der Waals surface area contributed by atoms with Crippen molar-refractivity contribution in [1.82, 2.24) is 34.7 Å². The van der Waals surface area contributed by atoms with Crippen LogP contribution in [0.3, 0.4) is 0 Å². The molecule has 1 aliphatic rings. The van der Waals surface area contributed by atoms with Crippen molar-refractivity contribution in [2.45, 2.75) is 33.7 Å². The highest BCUT2D eigenvalue weighted by molar-refractivity contribution is 5.93. The molecule has 1 unspecified atom stereocenters. The van der Waals surface area contributed by atoms with E-state index in [1.807, 2.05) is 26.8 Å². The van der Waals surface area contributed by atoms with Crippen molar-refractivity contribution in [3.63, 3.8) is 0 Å². The summed E-state index contributed by atoms with van der Waals surface area (Å²) in [5.41, 5.74) is 2.96. The Bertz CT molecular complexity index is 939. The second-order valence-corrected chi connectivity index (χ2v) is 6.39. The van der Waals surface area contributed by atoms with Crippen molar-refractivity contribution in [3.8, 4) is 0 Å². The molecule has 24 heavy (non-hydrogen) atoms. The number of rotatable bonds is 3. The van der Waals surface area contributed by atoms with Crippen molar-refractivity contribution in [2.75, 3.05) is 6.54 Å². The van der Waals surface area contributed by atoms with Crippen molar-refractivity contribution in [1.29, 1.82) is 0 Å². The van der Waals surface area contributed by atoms with E-state index in [2.05, 4.69) is 30.2 Å². The highest BCUT2D eigenvalue weighted by atomic mass is 16.1. The molecule has 4 heterocycles. The summed E-state index contributed by atoms with van der Waals surface area (Å²) in [7, 11) is 0. The van der Waals surface area contributed by atoms with E-state index in [4.69, 9.17) is 0 Å². The zero-order valence-corrected chi connectivity index (χ0v) is 13.9. The van der Waals surface area contributed by atoms with E-state index in [1.54, 1.807) is 10.6 Å². The molecular weight excluding hydrogens is 306 g/mol. The molecule has 3 aromatic heterocycles. The highest BCUT2D eigenvalue weighted by Gasteiger charge is 2.25. The molecule has 0 spiro atoms. The second-order valence-electron chi connectivity index (χ2n) is 6.39. The monoisotopic (exact) mass is 325 g/mol. The van der Waals surface area contributed by atoms with Gasteiger partial charge in [0.2, 0.25) is 0 Å². The van der Waals surface area contributed by atoms with E-state index in [-0.39, 0.29) is 5.91 Å². The second kappa shape index (κ2) is 5.40. The van der Waals surface area contributed by atoms with Gasteiger partial charge in [0, 0.05) is 42.9 Å². The van der Waals surface area contributed by atoms with Crippen LogP contribution in [0, 0.1) is 26.7 Å². The number of fused-ring (bicyclic) bond motifs is 2. The summed E-state index contributed by atoms with van der Waals surface area (Å²) < 4.78 is 3.81. The molecule has 1 atom stereocenters. The van der Waals surface area contributed by atoms with Crippen LogP contribution in [0.2, 0.25) is 0 Å². The van der Waals surface area contributed by atoms with Gasteiger partial charge < -0.3 is 9.88 Å². The van der Waals surface area contributed by atoms with Crippen LogP contribution < -0.4 is 5.32 Å². The Morgan fingerprint density at radius 2 is 2.12 bits per heavy atom. The summed E-state index contributed by atoms with van der Waals surface area (Å²) in [4.78, 5) is 16.8. The quantitative estimate of drug-likeness (QED) is 0.771. The molecule has 1 amide bonds. The molecule has 0 radical (unpaired) electrons. The molecule has 124 valence electrons. The number of amides is 1. The maximum atomic E-state index is 12.4. The third kappa shape index (κ3) is 2.44. The van der Waals surface area contributed by atoms with E-state index >= 15 is 0 Å².